The topological polar surface area (TPSA) is 26.3 Å². The summed E-state index contributed by atoms with van der Waals surface area (Å²) in [4.78, 5) is 11.4. The molecule has 0 amide bonds. The molecular formula is C10H6BrF5O2. The van der Waals surface area contributed by atoms with Crippen molar-refractivity contribution in [3.63, 3.8) is 0 Å². The van der Waals surface area contributed by atoms with Crippen molar-refractivity contribution in [2.75, 3.05) is 5.33 Å². The SMILES string of the molecule is O=C(CBr)c1cccc(C(F)F)c1OC(F)(F)F. The zero-order chi connectivity index (χ0) is 13.9. The molecule has 0 radical (unpaired) electrons. The second kappa shape index (κ2) is 5.64. The van der Waals surface area contributed by atoms with Gasteiger partial charge in [-0.25, -0.2) is 8.78 Å². The van der Waals surface area contributed by atoms with Crippen LogP contribution < -0.4 is 4.74 Å². The van der Waals surface area contributed by atoms with Gasteiger partial charge in [0.05, 0.1) is 16.5 Å². The lowest BCUT2D eigenvalue weighted by Gasteiger charge is -2.15. The maximum Gasteiger partial charge on any atom is 0.573 e. The number of carbonyl (C=O) groups excluding carboxylic acids is 1. The highest BCUT2D eigenvalue weighted by molar-refractivity contribution is 9.09. The van der Waals surface area contributed by atoms with Gasteiger partial charge in [-0.3, -0.25) is 4.79 Å². The number of Topliss-reactive ketones (excluding diaryl/α,β-unsaturated/α-hetero) is 1. The smallest absolute Gasteiger partial charge is 0.404 e. The zero-order valence-electron chi connectivity index (χ0n) is 8.60. The number of halogens is 6. The van der Waals surface area contributed by atoms with Gasteiger partial charge < -0.3 is 4.74 Å². The molecule has 0 aliphatic rings. The van der Waals surface area contributed by atoms with Crippen molar-refractivity contribution in [3.8, 4) is 5.75 Å². The molecule has 0 atom stereocenters. The molecule has 1 rings (SSSR count). The summed E-state index contributed by atoms with van der Waals surface area (Å²) in [6.45, 7) is 0. The van der Waals surface area contributed by atoms with E-state index in [0.717, 1.165) is 18.2 Å². The van der Waals surface area contributed by atoms with E-state index in [2.05, 4.69) is 20.7 Å². The van der Waals surface area contributed by atoms with Crippen LogP contribution in [0.1, 0.15) is 22.3 Å². The van der Waals surface area contributed by atoms with Crippen LogP contribution in [0, 0.1) is 0 Å². The van der Waals surface area contributed by atoms with Crippen LogP contribution >= 0.6 is 15.9 Å². The normalized spacial score (nSPS) is 11.7. The molecule has 8 heteroatoms. The molecule has 0 fully saturated rings. The molecule has 0 saturated carbocycles. The summed E-state index contributed by atoms with van der Waals surface area (Å²) in [5.41, 5.74) is -1.51. The largest absolute Gasteiger partial charge is 0.573 e. The lowest BCUT2D eigenvalue weighted by atomic mass is 10.1. The molecule has 0 saturated heterocycles. The van der Waals surface area contributed by atoms with Gasteiger partial charge in [0, 0.05) is 0 Å². The third-order valence-electron chi connectivity index (χ3n) is 1.92. The maximum atomic E-state index is 12.6. The van der Waals surface area contributed by atoms with Gasteiger partial charge in [0.25, 0.3) is 6.43 Å². The van der Waals surface area contributed by atoms with Crippen molar-refractivity contribution >= 4 is 21.7 Å². The van der Waals surface area contributed by atoms with Crippen LogP contribution in [0.25, 0.3) is 0 Å². The third-order valence-corrected chi connectivity index (χ3v) is 2.43. The molecule has 0 aliphatic carbocycles. The number of para-hydroxylation sites is 1. The fourth-order valence-corrected chi connectivity index (χ4v) is 1.55. The van der Waals surface area contributed by atoms with Crippen LogP contribution in [0.4, 0.5) is 22.0 Å². The standard InChI is InChI=1S/C10H6BrF5O2/c11-4-7(17)5-2-1-3-6(9(12)13)8(5)18-10(14,15)16/h1-3,9H,4H2. The summed E-state index contributed by atoms with van der Waals surface area (Å²) in [6.07, 6.45) is -8.32. The highest BCUT2D eigenvalue weighted by Crippen LogP contribution is 2.36. The fraction of sp³-hybridized carbons (Fsp3) is 0.300. The number of ether oxygens (including phenoxy) is 1. The average molecular weight is 333 g/mol. The van der Waals surface area contributed by atoms with Crippen molar-refractivity contribution in [3.05, 3.63) is 29.3 Å². The Balaban J connectivity index is 3.34. The molecule has 18 heavy (non-hydrogen) atoms. The van der Waals surface area contributed by atoms with Crippen molar-refractivity contribution in [2.24, 2.45) is 0 Å². The van der Waals surface area contributed by atoms with Gasteiger partial charge in [-0.2, -0.15) is 0 Å². The maximum absolute atomic E-state index is 12.6. The first-order valence-electron chi connectivity index (χ1n) is 4.52. The van der Waals surface area contributed by atoms with Crippen molar-refractivity contribution in [1.29, 1.82) is 0 Å². The van der Waals surface area contributed by atoms with Crippen molar-refractivity contribution in [2.45, 2.75) is 12.8 Å². The van der Waals surface area contributed by atoms with Gasteiger partial charge in [0.1, 0.15) is 5.75 Å². The van der Waals surface area contributed by atoms with Gasteiger partial charge in [0.15, 0.2) is 5.78 Å². The van der Waals surface area contributed by atoms with E-state index >= 15 is 0 Å². The van der Waals surface area contributed by atoms with E-state index in [9.17, 15) is 26.7 Å². The third kappa shape index (κ3) is 3.66. The Morgan fingerprint density at radius 2 is 1.94 bits per heavy atom. The highest BCUT2D eigenvalue weighted by Gasteiger charge is 2.35. The van der Waals surface area contributed by atoms with Crippen LogP contribution in [0.15, 0.2) is 18.2 Å². The summed E-state index contributed by atoms with van der Waals surface area (Å²) < 4.78 is 65.1. The van der Waals surface area contributed by atoms with Crippen molar-refractivity contribution < 1.29 is 31.5 Å². The molecule has 100 valence electrons. The Kier molecular flexibility index (Phi) is 4.66. The molecule has 0 spiro atoms. The Morgan fingerprint density at radius 1 is 1.33 bits per heavy atom. The van der Waals surface area contributed by atoms with Crippen LogP contribution in [-0.4, -0.2) is 17.5 Å². The van der Waals surface area contributed by atoms with E-state index in [1.54, 1.807) is 0 Å². The number of hydrogen-bond acceptors (Lipinski definition) is 2. The van der Waals surface area contributed by atoms with Crippen LogP contribution in [0.3, 0.4) is 0 Å². The number of hydrogen-bond donors (Lipinski definition) is 0. The lowest BCUT2D eigenvalue weighted by molar-refractivity contribution is -0.275. The van der Waals surface area contributed by atoms with Crippen LogP contribution in [0.2, 0.25) is 0 Å². The minimum atomic E-state index is -5.15. The van der Waals surface area contributed by atoms with E-state index in [1.165, 1.54) is 0 Å². The van der Waals surface area contributed by atoms with E-state index in [1.807, 2.05) is 0 Å². The molecule has 0 bridgehead atoms. The first-order chi connectivity index (χ1) is 8.26. The Hall–Kier alpha value is -1.18. The summed E-state index contributed by atoms with van der Waals surface area (Å²) in [6, 6.07) is 2.84. The number of carbonyl (C=O) groups is 1. The van der Waals surface area contributed by atoms with E-state index < -0.39 is 35.4 Å². The molecule has 2 nitrogen and oxygen atoms in total. The second-order valence-corrected chi connectivity index (χ2v) is 3.69. The lowest BCUT2D eigenvalue weighted by Crippen LogP contribution is -2.20. The van der Waals surface area contributed by atoms with Gasteiger partial charge in [-0.05, 0) is 12.1 Å². The quantitative estimate of drug-likeness (QED) is 0.471. The predicted molar refractivity (Wildman–Crippen MR) is 56.2 cm³/mol. The van der Waals surface area contributed by atoms with Gasteiger partial charge in [-0.15, -0.1) is 13.2 Å². The molecule has 0 aromatic heterocycles. The molecule has 0 N–H and O–H groups in total. The number of benzene rings is 1. The molecular weight excluding hydrogens is 327 g/mol. The van der Waals surface area contributed by atoms with E-state index in [-0.39, 0.29) is 5.33 Å². The zero-order valence-corrected chi connectivity index (χ0v) is 10.2. The molecule has 1 aromatic carbocycles. The monoisotopic (exact) mass is 332 g/mol. The average Bonchev–Trinajstić information content (AvgIpc) is 2.25. The molecule has 0 heterocycles. The minimum Gasteiger partial charge on any atom is -0.404 e. The fourth-order valence-electron chi connectivity index (χ4n) is 1.25. The first-order valence-corrected chi connectivity index (χ1v) is 5.64. The summed E-state index contributed by atoms with van der Waals surface area (Å²) in [5.74, 6) is -1.93. The summed E-state index contributed by atoms with van der Waals surface area (Å²) >= 11 is 2.75. The number of rotatable bonds is 4. The summed E-state index contributed by atoms with van der Waals surface area (Å²) in [7, 11) is 0. The number of ketones is 1. The first kappa shape index (κ1) is 14.9. The van der Waals surface area contributed by atoms with Gasteiger partial charge in [-0.1, -0.05) is 22.0 Å². The molecule has 0 aliphatic heterocycles. The van der Waals surface area contributed by atoms with Gasteiger partial charge in [0.2, 0.25) is 0 Å². The Bertz CT molecular complexity index is 444. The van der Waals surface area contributed by atoms with Crippen molar-refractivity contribution in [1.82, 2.24) is 0 Å². The Morgan fingerprint density at radius 3 is 2.39 bits per heavy atom. The highest BCUT2D eigenvalue weighted by atomic mass is 79.9. The summed E-state index contributed by atoms with van der Waals surface area (Å²) in [5, 5.41) is -0.298. The molecule has 1 aromatic rings. The molecule has 0 unspecified atom stereocenters. The predicted octanol–water partition coefficient (Wildman–Crippen LogP) is 4.10. The van der Waals surface area contributed by atoms with E-state index in [0.29, 0.717) is 0 Å². The number of alkyl halides is 6. The van der Waals surface area contributed by atoms with Crippen LogP contribution in [0.5, 0.6) is 5.75 Å². The van der Waals surface area contributed by atoms with E-state index in [4.69, 9.17) is 0 Å². The van der Waals surface area contributed by atoms with Gasteiger partial charge >= 0.3 is 6.36 Å². The van der Waals surface area contributed by atoms with Crippen LogP contribution in [-0.2, 0) is 0 Å². The Labute approximate surface area is 107 Å². The second-order valence-electron chi connectivity index (χ2n) is 3.13. The minimum absolute atomic E-state index is 0.298.